The Kier molecular flexibility index (Phi) is 9.44. The molecule has 0 aliphatic heterocycles. The number of aliphatic hydroxyl groups is 1. The molecule has 0 saturated carbocycles. The number of aliphatic hydroxyl groups excluding tert-OH is 1. The van der Waals surface area contributed by atoms with Gasteiger partial charge in [-0.25, -0.2) is 18.7 Å². The minimum Gasteiger partial charge on any atom is -0.422 e. The van der Waals surface area contributed by atoms with E-state index in [9.17, 15) is 23.1 Å². The van der Waals surface area contributed by atoms with Crippen molar-refractivity contribution < 1.29 is 31.9 Å². The first-order valence-corrected chi connectivity index (χ1v) is 13.3. The van der Waals surface area contributed by atoms with Gasteiger partial charge in [0.15, 0.2) is 5.82 Å². The van der Waals surface area contributed by atoms with E-state index in [2.05, 4.69) is 14.8 Å². The summed E-state index contributed by atoms with van der Waals surface area (Å²) in [6, 6.07) is 8.81. The molecule has 1 atom stereocenters. The highest BCUT2D eigenvalue weighted by atomic mass is 32.2. The zero-order valence-corrected chi connectivity index (χ0v) is 22.3. The van der Waals surface area contributed by atoms with Crippen molar-refractivity contribution in [2.24, 2.45) is 0 Å². The number of nitrogens with zero attached hydrogens (tertiary/aromatic N) is 1. The summed E-state index contributed by atoms with van der Waals surface area (Å²) in [4.78, 5) is 26.3. The summed E-state index contributed by atoms with van der Waals surface area (Å²) in [6.07, 6.45) is -0.828. The molecule has 0 bridgehead atoms. The maximum Gasteiger partial charge on any atom is 0.414 e. The van der Waals surface area contributed by atoms with Crippen LogP contribution in [0.1, 0.15) is 30.0 Å². The van der Waals surface area contributed by atoms with Gasteiger partial charge >= 0.3 is 11.7 Å². The molecular weight excluding hydrogens is 519 g/mol. The van der Waals surface area contributed by atoms with Gasteiger partial charge in [0, 0.05) is 51.1 Å². The molecule has 0 spiro atoms. The molecule has 206 valence electrons. The van der Waals surface area contributed by atoms with Crippen LogP contribution in [0.2, 0.25) is 0 Å². The summed E-state index contributed by atoms with van der Waals surface area (Å²) >= 11 is 0. The Morgan fingerprint density at radius 1 is 1.21 bits per heavy atom. The third-order valence-electron chi connectivity index (χ3n) is 5.66. The Morgan fingerprint density at radius 3 is 2.61 bits per heavy atom. The Balaban J connectivity index is 2.05. The number of anilines is 1. The van der Waals surface area contributed by atoms with Gasteiger partial charge in [-0.3, -0.25) is 4.72 Å². The lowest BCUT2D eigenvalue weighted by Gasteiger charge is -2.16. The summed E-state index contributed by atoms with van der Waals surface area (Å²) in [5.74, 6) is -0.652. The molecule has 0 radical (unpaired) electrons. The molecule has 0 saturated heterocycles. The van der Waals surface area contributed by atoms with Crippen LogP contribution < -0.4 is 25.1 Å². The predicted octanol–water partition coefficient (Wildman–Crippen LogP) is 2.32. The fraction of sp³-hybridized carbons (Fsp3) is 0.360. The zero-order chi connectivity index (χ0) is 28.0. The van der Waals surface area contributed by atoms with Gasteiger partial charge in [0.25, 0.3) is 10.2 Å². The van der Waals surface area contributed by atoms with Crippen molar-refractivity contribution in [1.29, 1.82) is 0 Å². The summed E-state index contributed by atoms with van der Waals surface area (Å²) in [5, 5.41) is 13.3. The second-order valence-electron chi connectivity index (χ2n) is 8.85. The van der Waals surface area contributed by atoms with Gasteiger partial charge < -0.3 is 24.5 Å². The highest BCUT2D eigenvalue weighted by molar-refractivity contribution is 7.90. The van der Waals surface area contributed by atoms with Gasteiger partial charge in [-0.05, 0) is 49.2 Å². The van der Waals surface area contributed by atoms with E-state index < -0.39 is 33.8 Å². The predicted molar refractivity (Wildman–Crippen MR) is 141 cm³/mol. The number of carbonyl (C=O) groups excluding carboxylic acids is 1. The molecule has 0 aliphatic rings. The van der Waals surface area contributed by atoms with Crippen LogP contribution in [0.3, 0.4) is 0 Å². The summed E-state index contributed by atoms with van der Waals surface area (Å²) in [7, 11) is 0.294. The first kappa shape index (κ1) is 29.0. The van der Waals surface area contributed by atoms with Gasteiger partial charge in [0.2, 0.25) is 0 Å². The molecule has 1 amide bonds. The molecule has 1 heterocycles. The third-order valence-corrected chi connectivity index (χ3v) is 6.69. The molecule has 0 fully saturated rings. The number of halogens is 1. The first-order valence-electron chi connectivity index (χ1n) is 11.8. The highest BCUT2D eigenvalue weighted by Crippen LogP contribution is 2.28. The highest BCUT2D eigenvalue weighted by Gasteiger charge is 2.20. The van der Waals surface area contributed by atoms with E-state index in [4.69, 9.17) is 9.15 Å². The number of benzene rings is 2. The number of rotatable bonds is 11. The molecule has 2 aromatic carbocycles. The zero-order valence-electron chi connectivity index (χ0n) is 21.5. The Bertz CT molecular complexity index is 1470. The molecule has 3 aromatic rings. The van der Waals surface area contributed by atoms with E-state index >= 15 is 4.39 Å². The molecule has 11 nitrogen and oxygen atoms in total. The summed E-state index contributed by atoms with van der Waals surface area (Å²) < 4.78 is 53.9. The number of ether oxygens (including phenoxy) is 1. The van der Waals surface area contributed by atoms with E-state index in [-0.39, 0.29) is 41.1 Å². The van der Waals surface area contributed by atoms with Crippen molar-refractivity contribution in [3.63, 3.8) is 0 Å². The second-order valence-corrected chi connectivity index (χ2v) is 10.5. The van der Waals surface area contributed by atoms with Gasteiger partial charge in [-0.1, -0.05) is 12.1 Å². The van der Waals surface area contributed by atoms with Gasteiger partial charge in [-0.2, -0.15) is 8.42 Å². The molecule has 38 heavy (non-hydrogen) atoms. The fourth-order valence-electron chi connectivity index (χ4n) is 3.63. The number of amides is 1. The van der Waals surface area contributed by atoms with Crippen LogP contribution >= 0.6 is 0 Å². The summed E-state index contributed by atoms with van der Waals surface area (Å²) in [5.41, 5.74) is -0.0334. The minimum atomic E-state index is -3.96. The molecule has 13 heteroatoms. The smallest absolute Gasteiger partial charge is 0.414 e. The number of carbonyl (C=O) groups is 1. The Labute approximate surface area is 219 Å². The van der Waals surface area contributed by atoms with E-state index in [0.717, 1.165) is 0 Å². The largest absolute Gasteiger partial charge is 0.422 e. The number of nitrogens with one attached hydrogen (secondary N) is 3. The summed E-state index contributed by atoms with van der Waals surface area (Å²) in [6.45, 7) is 2.32. The van der Waals surface area contributed by atoms with Crippen LogP contribution in [-0.2, 0) is 23.2 Å². The quantitative estimate of drug-likeness (QED) is 0.210. The van der Waals surface area contributed by atoms with Crippen molar-refractivity contribution in [3.8, 4) is 5.75 Å². The normalized spacial score (nSPS) is 12.4. The van der Waals surface area contributed by atoms with Crippen LogP contribution in [0, 0.1) is 5.82 Å². The van der Waals surface area contributed by atoms with Crippen LogP contribution in [0.4, 0.5) is 14.9 Å². The molecule has 4 N–H and O–H groups in total. The SMILES string of the molecule is CNS(=O)(=O)Nc1cccc(Cc2c(CNCCC(C)O)c3ccc(OC(=O)N(C)C)cc3oc2=O)c1F. The van der Waals surface area contributed by atoms with Crippen molar-refractivity contribution in [2.45, 2.75) is 32.4 Å². The van der Waals surface area contributed by atoms with Gasteiger partial charge in [-0.15, -0.1) is 0 Å². The average molecular weight is 551 g/mol. The van der Waals surface area contributed by atoms with E-state index in [0.29, 0.717) is 23.9 Å². The van der Waals surface area contributed by atoms with Gasteiger partial charge in [0.05, 0.1) is 11.8 Å². The minimum absolute atomic E-state index is 0.0784. The van der Waals surface area contributed by atoms with Crippen molar-refractivity contribution in [3.05, 3.63) is 69.3 Å². The number of hydrogen-bond donors (Lipinski definition) is 4. The Morgan fingerprint density at radius 2 is 1.95 bits per heavy atom. The topological polar surface area (TPSA) is 150 Å². The number of fused-ring (bicyclic) bond motifs is 1. The van der Waals surface area contributed by atoms with Crippen LogP contribution in [0.5, 0.6) is 5.75 Å². The first-order chi connectivity index (χ1) is 17.9. The third kappa shape index (κ3) is 7.28. The van der Waals surface area contributed by atoms with Crippen molar-refractivity contribution in [1.82, 2.24) is 14.9 Å². The molecule has 1 aromatic heterocycles. The maximum atomic E-state index is 15.3. The monoisotopic (exact) mass is 550 g/mol. The maximum absolute atomic E-state index is 15.3. The average Bonchev–Trinajstić information content (AvgIpc) is 2.85. The van der Waals surface area contributed by atoms with E-state index in [1.165, 1.54) is 50.3 Å². The lowest BCUT2D eigenvalue weighted by molar-refractivity contribution is 0.172. The van der Waals surface area contributed by atoms with E-state index in [1.807, 2.05) is 0 Å². The fourth-order valence-corrected chi connectivity index (χ4v) is 4.17. The van der Waals surface area contributed by atoms with Crippen LogP contribution in [-0.4, -0.2) is 58.3 Å². The standard InChI is InChI=1S/C25H31FN4O7S/c1-15(31)10-11-28-14-20-18-9-8-17(36-25(33)30(3)4)13-22(18)37-24(32)19(20)12-16-6-5-7-21(23(16)26)29-38(34,35)27-2/h5-9,13,15,27-29,31H,10-12,14H2,1-4H3. The molecule has 3 rings (SSSR count). The molecule has 1 unspecified atom stereocenters. The van der Waals surface area contributed by atoms with Crippen molar-refractivity contribution in [2.75, 3.05) is 32.4 Å². The van der Waals surface area contributed by atoms with Crippen molar-refractivity contribution >= 4 is 33.0 Å². The van der Waals surface area contributed by atoms with Gasteiger partial charge in [0.1, 0.15) is 11.3 Å². The molecule has 0 aliphatic carbocycles. The van der Waals surface area contributed by atoms with Crippen LogP contribution in [0.25, 0.3) is 11.0 Å². The van der Waals surface area contributed by atoms with E-state index in [1.54, 1.807) is 19.1 Å². The molecular formula is C25H31FN4O7S. The lowest BCUT2D eigenvalue weighted by Crippen LogP contribution is -2.27. The Hall–Kier alpha value is -3.52. The van der Waals surface area contributed by atoms with Crippen LogP contribution in [0.15, 0.2) is 45.6 Å². The lowest BCUT2D eigenvalue weighted by atomic mass is 9.97. The number of hydrogen-bond acceptors (Lipinski definition) is 8. The second kappa shape index (κ2) is 12.3.